The maximum atomic E-state index is 2.36. The number of rotatable bonds is 13. The van der Waals surface area contributed by atoms with Crippen LogP contribution in [0.5, 0.6) is 0 Å². The zero-order valence-corrected chi connectivity index (χ0v) is 19.5. The Labute approximate surface area is 181 Å². The first-order valence-corrected chi connectivity index (χ1v) is 9.50. The number of hydrogen-bond donors (Lipinski definition) is 0. The van der Waals surface area contributed by atoms with E-state index in [1.807, 2.05) is 0 Å². The van der Waals surface area contributed by atoms with E-state index in [0.29, 0.717) is 0 Å². The van der Waals surface area contributed by atoms with Gasteiger partial charge in [-0.3, -0.25) is 0 Å². The number of unbranched alkanes of at least 4 members (excludes halogenated alkanes) is 9. The molecule has 0 bridgehead atoms. The quantitative estimate of drug-likeness (QED) is 0.284. The van der Waals surface area contributed by atoms with Crippen molar-refractivity contribution in [3.05, 3.63) is 35.9 Å². The van der Waals surface area contributed by atoms with Crippen LogP contribution in [0.15, 0.2) is 30.3 Å². The van der Waals surface area contributed by atoms with Crippen molar-refractivity contribution in [1.29, 1.82) is 0 Å². The van der Waals surface area contributed by atoms with E-state index in [2.05, 4.69) is 51.4 Å². The third-order valence-corrected chi connectivity index (χ3v) is 4.57. The minimum atomic E-state index is 0. The third-order valence-electron chi connectivity index (χ3n) is 4.57. The first kappa shape index (κ1) is 26.7. The summed E-state index contributed by atoms with van der Waals surface area (Å²) >= 11 is 0. The molecule has 0 radical (unpaired) electrons. The summed E-state index contributed by atoms with van der Waals surface area (Å²) in [5, 5.41) is 0. The molecule has 1 nitrogen and oxygen atoms in total. The Morgan fingerprint density at radius 2 is 1.21 bits per heavy atom. The molecule has 0 atom stereocenters. The molecule has 0 aliphatic heterocycles. The second kappa shape index (κ2) is 16.9. The summed E-state index contributed by atoms with van der Waals surface area (Å²) in [5.41, 5.74) is 1.46. The molecule has 24 heavy (non-hydrogen) atoms. The molecule has 0 heterocycles. The zero-order chi connectivity index (χ0) is 16.1. The molecular formula is C21H40ClNNa+. The summed E-state index contributed by atoms with van der Waals surface area (Å²) in [6.45, 7) is 4.74. The number of nitrogens with zero attached hydrogens (tertiary/aromatic N) is 1. The van der Waals surface area contributed by atoms with Crippen LogP contribution in [0.4, 0.5) is 0 Å². The van der Waals surface area contributed by atoms with Crippen LogP contribution in [-0.4, -0.2) is 25.1 Å². The molecule has 0 fully saturated rings. The Morgan fingerprint density at radius 1 is 0.750 bits per heavy atom. The normalized spacial score (nSPS) is 10.8. The van der Waals surface area contributed by atoms with E-state index >= 15 is 0 Å². The fourth-order valence-electron chi connectivity index (χ4n) is 3.18. The maximum Gasteiger partial charge on any atom is 1.00 e. The monoisotopic (exact) mass is 364 g/mol. The van der Waals surface area contributed by atoms with Crippen molar-refractivity contribution in [2.75, 3.05) is 20.6 Å². The largest absolute Gasteiger partial charge is 1.00 e. The Morgan fingerprint density at radius 3 is 1.71 bits per heavy atom. The van der Waals surface area contributed by atoms with Crippen LogP contribution in [0.1, 0.15) is 78.1 Å². The van der Waals surface area contributed by atoms with Crippen LogP contribution in [0.2, 0.25) is 0 Å². The van der Waals surface area contributed by atoms with Gasteiger partial charge in [0.05, 0.1) is 20.6 Å². The van der Waals surface area contributed by atoms with Crippen LogP contribution in [0.3, 0.4) is 0 Å². The number of halogens is 1. The number of benzene rings is 1. The average molecular weight is 365 g/mol. The summed E-state index contributed by atoms with van der Waals surface area (Å²) in [4.78, 5) is 0. The number of hydrogen-bond acceptors (Lipinski definition) is 0. The summed E-state index contributed by atoms with van der Waals surface area (Å²) < 4.78 is 1.11. The smallest absolute Gasteiger partial charge is 1.00 e. The van der Waals surface area contributed by atoms with E-state index in [0.717, 1.165) is 11.0 Å². The van der Waals surface area contributed by atoms with Crippen LogP contribution < -0.4 is 29.6 Å². The molecule has 3 heteroatoms. The van der Waals surface area contributed by atoms with Crippen molar-refractivity contribution in [3.8, 4) is 0 Å². The van der Waals surface area contributed by atoms with Gasteiger partial charge in [-0.25, -0.2) is 0 Å². The van der Waals surface area contributed by atoms with Crippen LogP contribution in [0, 0.1) is 0 Å². The molecule has 0 amide bonds. The van der Waals surface area contributed by atoms with Gasteiger partial charge in [-0.2, -0.15) is 0 Å². The molecule has 0 saturated carbocycles. The molecule has 0 aliphatic carbocycles. The van der Waals surface area contributed by atoms with E-state index in [4.69, 9.17) is 0 Å². The van der Waals surface area contributed by atoms with Crippen LogP contribution in [-0.2, 0) is 6.54 Å². The second-order valence-corrected chi connectivity index (χ2v) is 7.49. The fraction of sp³-hybridized carbons (Fsp3) is 0.714. The summed E-state index contributed by atoms with van der Waals surface area (Å²) in [5.74, 6) is 0. The van der Waals surface area contributed by atoms with Gasteiger partial charge < -0.3 is 5.91 Å². The Balaban J connectivity index is -0.00000161. The fourth-order valence-corrected chi connectivity index (χ4v) is 3.18. The minimum Gasteiger partial charge on any atom is -1.00 e. The van der Waals surface area contributed by atoms with E-state index < -0.39 is 0 Å². The van der Waals surface area contributed by atoms with Gasteiger partial charge in [0.15, 0.2) is 0 Å². The molecule has 1 aromatic carbocycles. The Hall–Kier alpha value is 0.470. The van der Waals surface area contributed by atoms with Gasteiger partial charge in [0.1, 0.15) is 6.54 Å². The van der Waals surface area contributed by atoms with Crippen molar-refractivity contribution in [3.63, 3.8) is 0 Å². The van der Waals surface area contributed by atoms with Gasteiger partial charge in [-0.15, -0.1) is 12.4 Å². The van der Waals surface area contributed by atoms with Gasteiger partial charge in [0, 0.05) is 5.56 Å². The summed E-state index contributed by atoms with van der Waals surface area (Å²) in [6.07, 6.45) is 14.2. The van der Waals surface area contributed by atoms with Gasteiger partial charge in [-0.05, 0) is 12.8 Å². The molecule has 0 aliphatic rings. The Kier molecular flexibility index (Phi) is 18.8. The van der Waals surface area contributed by atoms with Crippen molar-refractivity contribution in [2.45, 2.75) is 77.7 Å². The molecule has 136 valence electrons. The standard InChI is InChI=1S/C21H38N.ClH.Na.H/c1-4-5-6-7-8-9-10-11-12-16-19-22(2,3)20-21-17-14-13-15-18-21;;;/h13-15,17-18H,4-12,16,19-20H2,1-3H3;1H;;/q+1;;+1;-1. The SMILES string of the molecule is CCCCCCCCCCCC[N+](C)(C)Cc1ccccc1.Cl.[H-].[Na+]. The van der Waals surface area contributed by atoms with E-state index in [1.165, 1.54) is 76.3 Å². The Bertz CT molecular complexity index is 373. The first-order valence-electron chi connectivity index (χ1n) is 9.50. The van der Waals surface area contributed by atoms with Crippen molar-refractivity contribution in [1.82, 2.24) is 0 Å². The van der Waals surface area contributed by atoms with Gasteiger partial charge in [0.2, 0.25) is 0 Å². The van der Waals surface area contributed by atoms with Crippen molar-refractivity contribution < 1.29 is 35.5 Å². The first-order chi connectivity index (χ1) is 10.6. The summed E-state index contributed by atoms with van der Waals surface area (Å²) in [7, 11) is 4.72. The molecule has 0 unspecified atom stereocenters. The molecule has 0 aromatic heterocycles. The zero-order valence-electron chi connectivity index (χ0n) is 17.7. The van der Waals surface area contributed by atoms with Crippen LogP contribution >= 0.6 is 12.4 Å². The molecule has 0 saturated heterocycles. The van der Waals surface area contributed by atoms with E-state index in [9.17, 15) is 0 Å². The molecule has 0 spiro atoms. The van der Waals surface area contributed by atoms with Crippen LogP contribution in [0.25, 0.3) is 0 Å². The average Bonchev–Trinajstić information content (AvgIpc) is 2.49. The van der Waals surface area contributed by atoms with Gasteiger partial charge >= 0.3 is 29.6 Å². The second-order valence-electron chi connectivity index (χ2n) is 7.49. The maximum absolute atomic E-state index is 2.36. The van der Waals surface area contributed by atoms with Crippen molar-refractivity contribution in [2.24, 2.45) is 0 Å². The molecule has 0 N–H and O–H groups in total. The summed E-state index contributed by atoms with van der Waals surface area (Å²) in [6, 6.07) is 10.9. The topological polar surface area (TPSA) is 0 Å². The molecule has 1 rings (SSSR count). The predicted molar refractivity (Wildman–Crippen MR) is 107 cm³/mol. The van der Waals surface area contributed by atoms with Gasteiger partial charge in [0.25, 0.3) is 0 Å². The van der Waals surface area contributed by atoms with E-state index in [-0.39, 0.29) is 43.4 Å². The minimum absolute atomic E-state index is 0. The van der Waals surface area contributed by atoms with Gasteiger partial charge in [-0.1, -0.05) is 88.6 Å². The third kappa shape index (κ3) is 14.8. The molecule has 1 aromatic rings. The predicted octanol–water partition coefficient (Wildman–Crippen LogP) is 3.72. The number of quaternary nitrogens is 1. The van der Waals surface area contributed by atoms with E-state index in [1.54, 1.807) is 0 Å². The molecular weight excluding hydrogens is 325 g/mol. The van der Waals surface area contributed by atoms with Crippen molar-refractivity contribution >= 4 is 12.4 Å².